The smallest absolute Gasteiger partial charge is 0.0690 e. The van der Waals surface area contributed by atoms with Crippen molar-refractivity contribution >= 4 is 0 Å². The zero-order valence-electron chi connectivity index (χ0n) is 9.45. The highest BCUT2D eigenvalue weighted by molar-refractivity contribution is 5.17. The molecule has 1 aromatic rings. The molecule has 1 aliphatic rings. The number of benzene rings is 1. The summed E-state index contributed by atoms with van der Waals surface area (Å²) in [5, 5.41) is 10.5. The first-order valence-electron chi connectivity index (χ1n) is 5.94. The van der Waals surface area contributed by atoms with E-state index in [9.17, 15) is 5.11 Å². The summed E-state index contributed by atoms with van der Waals surface area (Å²) in [6.45, 7) is 2.25. The summed E-state index contributed by atoms with van der Waals surface area (Å²) in [5.74, 6) is 0.674. The van der Waals surface area contributed by atoms with Crippen molar-refractivity contribution in [3.63, 3.8) is 0 Å². The van der Waals surface area contributed by atoms with Crippen LogP contribution in [0.3, 0.4) is 0 Å². The lowest BCUT2D eigenvalue weighted by Crippen LogP contribution is -2.36. The van der Waals surface area contributed by atoms with Crippen molar-refractivity contribution < 1.29 is 5.11 Å². The van der Waals surface area contributed by atoms with E-state index < -0.39 is 5.60 Å². The maximum Gasteiger partial charge on any atom is 0.0690 e. The zero-order valence-corrected chi connectivity index (χ0v) is 9.45. The first kappa shape index (κ1) is 10.7. The molecule has 0 spiro atoms. The van der Waals surface area contributed by atoms with Gasteiger partial charge < -0.3 is 5.11 Å². The average molecular weight is 204 g/mol. The predicted octanol–water partition coefficient (Wildman–Crippen LogP) is 3.17. The predicted molar refractivity (Wildman–Crippen MR) is 62.7 cm³/mol. The van der Waals surface area contributed by atoms with Gasteiger partial charge in [0.25, 0.3) is 0 Å². The van der Waals surface area contributed by atoms with E-state index in [1.807, 2.05) is 18.2 Å². The van der Waals surface area contributed by atoms with Crippen LogP contribution in [0.2, 0.25) is 0 Å². The van der Waals surface area contributed by atoms with Gasteiger partial charge in [0.2, 0.25) is 0 Å². The van der Waals surface area contributed by atoms with Gasteiger partial charge in [-0.25, -0.2) is 0 Å². The summed E-state index contributed by atoms with van der Waals surface area (Å²) in [7, 11) is 0. The Kier molecular flexibility index (Phi) is 3.11. The lowest BCUT2D eigenvalue weighted by Gasteiger charge is -2.35. The van der Waals surface area contributed by atoms with Gasteiger partial charge in [0.1, 0.15) is 0 Å². The summed E-state index contributed by atoms with van der Waals surface area (Å²) in [5.41, 5.74) is 0.813. The Morgan fingerprint density at radius 3 is 2.73 bits per heavy atom. The highest BCUT2D eigenvalue weighted by Gasteiger charge is 2.32. The Balaban J connectivity index is 2.04. The first-order chi connectivity index (χ1) is 7.18. The molecule has 1 fully saturated rings. The number of rotatable bonds is 2. The van der Waals surface area contributed by atoms with E-state index >= 15 is 0 Å². The minimum absolute atomic E-state index is 0.445. The molecule has 2 unspecified atom stereocenters. The summed E-state index contributed by atoms with van der Waals surface area (Å²) in [6, 6.07) is 10.3. The van der Waals surface area contributed by atoms with Gasteiger partial charge in [-0.3, -0.25) is 0 Å². The molecule has 0 aliphatic heterocycles. The van der Waals surface area contributed by atoms with Crippen LogP contribution in [0.5, 0.6) is 0 Å². The molecule has 1 aliphatic carbocycles. The maximum absolute atomic E-state index is 10.5. The maximum atomic E-state index is 10.5. The molecule has 0 heterocycles. The SMILES string of the molecule is CC1CCCC(O)(Cc2ccccc2)C1. The van der Waals surface area contributed by atoms with E-state index in [0.717, 1.165) is 19.3 Å². The van der Waals surface area contributed by atoms with Crippen LogP contribution < -0.4 is 0 Å². The summed E-state index contributed by atoms with van der Waals surface area (Å²) >= 11 is 0. The molecule has 15 heavy (non-hydrogen) atoms. The van der Waals surface area contributed by atoms with Crippen LogP contribution in [0.1, 0.15) is 38.2 Å². The quantitative estimate of drug-likeness (QED) is 0.784. The summed E-state index contributed by atoms with van der Waals surface area (Å²) in [6.07, 6.45) is 5.19. The van der Waals surface area contributed by atoms with Crippen molar-refractivity contribution in [1.29, 1.82) is 0 Å². The molecule has 1 heteroatoms. The molecule has 0 radical (unpaired) electrons. The molecule has 1 saturated carbocycles. The third-order valence-corrected chi connectivity index (χ3v) is 3.44. The minimum Gasteiger partial charge on any atom is -0.390 e. The molecule has 2 atom stereocenters. The van der Waals surface area contributed by atoms with Crippen LogP contribution in [-0.2, 0) is 6.42 Å². The molecular formula is C14H20O. The van der Waals surface area contributed by atoms with Gasteiger partial charge in [0, 0.05) is 6.42 Å². The first-order valence-corrected chi connectivity index (χ1v) is 5.94. The number of aliphatic hydroxyl groups is 1. The fourth-order valence-corrected chi connectivity index (χ4v) is 2.77. The molecule has 0 aromatic heterocycles. The second kappa shape index (κ2) is 4.36. The molecule has 0 saturated heterocycles. The summed E-state index contributed by atoms with van der Waals surface area (Å²) in [4.78, 5) is 0. The molecule has 2 rings (SSSR count). The van der Waals surface area contributed by atoms with Crippen LogP contribution >= 0.6 is 0 Å². The molecule has 1 aromatic carbocycles. The van der Waals surface area contributed by atoms with Crippen molar-refractivity contribution in [2.75, 3.05) is 0 Å². The van der Waals surface area contributed by atoms with Crippen LogP contribution in [-0.4, -0.2) is 10.7 Å². The lowest BCUT2D eigenvalue weighted by molar-refractivity contribution is -0.0123. The van der Waals surface area contributed by atoms with Crippen molar-refractivity contribution in [2.24, 2.45) is 5.92 Å². The Morgan fingerprint density at radius 2 is 2.07 bits per heavy atom. The van der Waals surface area contributed by atoms with Crippen molar-refractivity contribution in [3.05, 3.63) is 35.9 Å². The standard InChI is InChI=1S/C14H20O/c1-12-6-5-9-14(15,10-12)11-13-7-3-2-4-8-13/h2-4,7-8,12,15H,5-6,9-11H2,1H3. The largest absolute Gasteiger partial charge is 0.390 e. The van der Waals surface area contributed by atoms with Gasteiger partial charge in [0.05, 0.1) is 5.60 Å². The molecular weight excluding hydrogens is 184 g/mol. The van der Waals surface area contributed by atoms with Crippen molar-refractivity contribution in [2.45, 2.75) is 44.6 Å². The Bertz CT molecular complexity index is 306. The van der Waals surface area contributed by atoms with Gasteiger partial charge in [-0.05, 0) is 24.3 Å². The van der Waals surface area contributed by atoms with Gasteiger partial charge in [0.15, 0.2) is 0 Å². The van der Waals surface area contributed by atoms with E-state index in [1.165, 1.54) is 18.4 Å². The Morgan fingerprint density at radius 1 is 1.33 bits per heavy atom. The number of hydrogen-bond donors (Lipinski definition) is 1. The van der Waals surface area contributed by atoms with Gasteiger partial charge in [-0.2, -0.15) is 0 Å². The van der Waals surface area contributed by atoms with Crippen LogP contribution in [0.25, 0.3) is 0 Å². The lowest BCUT2D eigenvalue weighted by atomic mass is 9.76. The topological polar surface area (TPSA) is 20.2 Å². The van der Waals surface area contributed by atoms with Gasteiger partial charge >= 0.3 is 0 Å². The van der Waals surface area contributed by atoms with E-state index in [2.05, 4.69) is 19.1 Å². The molecule has 0 bridgehead atoms. The number of hydrogen-bond acceptors (Lipinski definition) is 1. The second-order valence-electron chi connectivity index (χ2n) is 5.09. The average Bonchev–Trinajstić information content (AvgIpc) is 2.18. The van der Waals surface area contributed by atoms with E-state index in [1.54, 1.807) is 0 Å². The van der Waals surface area contributed by atoms with Gasteiger partial charge in [-0.15, -0.1) is 0 Å². The third-order valence-electron chi connectivity index (χ3n) is 3.44. The van der Waals surface area contributed by atoms with Crippen molar-refractivity contribution in [1.82, 2.24) is 0 Å². The van der Waals surface area contributed by atoms with Gasteiger partial charge in [-0.1, -0.05) is 50.1 Å². The summed E-state index contributed by atoms with van der Waals surface area (Å²) < 4.78 is 0. The van der Waals surface area contributed by atoms with Crippen LogP contribution in [0, 0.1) is 5.92 Å². The van der Waals surface area contributed by atoms with Crippen molar-refractivity contribution in [3.8, 4) is 0 Å². The monoisotopic (exact) mass is 204 g/mol. The zero-order chi connectivity index (χ0) is 10.7. The fourth-order valence-electron chi connectivity index (χ4n) is 2.77. The highest BCUT2D eigenvalue weighted by atomic mass is 16.3. The van der Waals surface area contributed by atoms with Crippen LogP contribution in [0.4, 0.5) is 0 Å². The van der Waals surface area contributed by atoms with E-state index in [0.29, 0.717) is 5.92 Å². The highest BCUT2D eigenvalue weighted by Crippen LogP contribution is 2.34. The second-order valence-corrected chi connectivity index (χ2v) is 5.09. The molecule has 1 N–H and O–H groups in total. The third kappa shape index (κ3) is 2.82. The fraction of sp³-hybridized carbons (Fsp3) is 0.571. The molecule has 82 valence electrons. The normalized spacial score (nSPS) is 31.5. The Labute approximate surface area is 92.1 Å². The van der Waals surface area contributed by atoms with E-state index in [4.69, 9.17) is 0 Å². The molecule has 0 amide bonds. The Hall–Kier alpha value is -0.820. The van der Waals surface area contributed by atoms with Crippen LogP contribution in [0.15, 0.2) is 30.3 Å². The van der Waals surface area contributed by atoms with E-state index in [-0.39, 0.29) is 0 Å². The minimum atomic E-state index is -0.445. The molecule has 1 nitrogen and oxygen atoms in total.